The summed E-state index contributed by atoms with van der Waals surface area (Å²) in [6.07, 6.45) is 2.07. The maximum absolute atomic E-state index is 12.3. The Balaban J connectivity index is 1.58. The molecule has 0 atom stereocenters. The fourth-order valence-corrected chi connectivity index (χ4v) is 2.99. The monoisotopic (exact) mass is 382 g/mol. The number of nitrogens with zero attached hydrogens (tertiary/aromatic N) is 2. The lowest BCUT2D eigenvalue weighted by Gasteiger charge is -2.10. The van der Waals surface area contributed by atoms with Gasteiger partial charge in [-0.25, -0.2) is 0 Å². The summed E-state index contributed by atoms with van der Waals surface area (Å²) in [6.45, 7) is 3.92. The van der Waals surface area contributed by atoms with E-state index < -0.39 is 0 Å². The average Bonchev–Trinajstić information content (AvgIpc) is 3.36. The fourth-order valence-electron chi connectivity index (χ4n) is 2.35. The normalized spacial score (nSPS) is 10.4. The molecule has 2 N–H and O–H groups in total. The summed E-state index contributed by atoms with van der Waals surface area (Å²) in [5.41, 5.74) is 0.847. The molecule has 2 heterocycles. The van der Waals surface area contributed by atoms with Crippen LogP contribution in [0, 0.1) is 0 Å². The first-order valence-corrected chi connectivity index (χ1v) is 9.20. The molecule has 138 valence electrons. The van der Waals surface area contributed by atoms with Crippen molar-refractivity contribution < 1.29 is 14.1 Å². The van der Waals surface area contributed by atoms with Gasteiger partial charge in [-0.05, 0) is 23.6 Å². The molecular formula is C19H18N4O3S. The van der Waals surface area contributed by atoms with E-state index in [1.54, 1.807) is 30.3 Å². The highest BCUT2D eigenvalue weighted by molar-refractivity contribution is 7.13. The standard InChI is InChI=1S/C19H18N4O3S/c1-2-11-20-19(25)13-6-3-4-7-14(13)21-16(24)9-10-17-22-18(23-26-17)15-8-5-12-27-15/h2-8,12H,1,9-11H2,(H,20,25)(H,21,24). The fraction of sp³-hybridized carbons (Fsp3) is 0.158. The molecule has 27 heavy (non-hydrogen) atoms. The van der Waals surface area contributed by atoms with Crippen molar-refractivity contribution in [2.75, 3.05) is 11.9 Å². The molecule has 0 unspecified atom stereocenters. The number of carbonyl (C=O) groups excluding carboxylic acids is 2. The van der Waals surface area contributed by atoms with E-state index in [4.69, 9.17) is 4.52 Å². The maximum atomic E-state index is 12.3. The number of rotatable bonds is 8. The minimum Gasteiger partial charge on any atom is -0.349 e. The molecule has 8 heteroatoms. The van der Waals surface area contributed by atoms with Crippen LogP contribution in [-0.4, -0.2) is 28.5 Å². The minimum absolute atomic E-state index is 0.161. The van der Waals surface area contributed by atoms with Gasteiger partial charge in [0.05, 0.1) is 16.1 Å². The van der Waals surface area contributed by atoms with Gasteiger partial charge in [-0.15, -0.1) is 17.9 Å². The Morgan fingerprint density at radius 3 is 2.85 bits per heavy atom. The van der Waals surface area contributed by atoms with E-state index in [9.17, 15) is 9.59 Å². The van der Waals surface area contributed by atoms with E-state index in [2.05, 4.69) is 27.4 Å². The molecule has 0 saturated heterocycles. The largest absolute Gasteiger partial charge is 0.349 e. The molecule has 2 aromatic heterocycles. The minimum atomic E-state index is -0.275. The van der Waals surface area contributed by atoms with E-state index in [1.807, 2.05) is 17.5 Å². The smallest absolute Gasteiger partial charge is 0.253 e. The zero-order valence-corrected chi connectivity index (χ0v) is 15.3. The van der Waals surface area contributed by atoms with Crippen molar-refractivity contribution in [1.29, 1.82) is 0 Å². The molecule has 0 saturated carbocycles. The molecule has 0 spiro atoms. The van der Waals surface area contributed by atoms with Crippen molar-refractivity contribution >= 4 is 28.8 Å². The van der Waals surface area contributed by atoms with Gasteiger partial charge in [0, 0.05) is 19.4 Å². The summed E-state index contributed by atoms with van der Waals surface area (Å²) < 4.78 is 5.19. The van der Waals surface area contributed by atoms with Crippen LogP contribution < -0.4 is 10.6 Å². The topological polar surface area (TPSA) is 97.1 Å². The summed E-state index contributed by atoms with van der Waals surface area (Å²) in [6, 6.07) is 10.6. The van der Waals surface area contributed by atoms with Gasteiger partial charge in [0.25, 0.3) is 5.91 Å². The quantitative estimate of drug-likeness (QED) is 0.583. The van der Waals surface area contributed by atoms with E-state index in [-0.39, 0.29) is 18.2 Å². The van der Waals surface area contributed by atoms with Crippen LogP contribution in [0.2, 0.25) is 0 Å². The zero-order chi connectivity index (χ0) is 19.1. The van der Waals surface area contributed by atoms with Crippen molar-refractivity contribution in [3.8, 4) is 10.7 Å². The van der Waals surface area contributed by atoms with E-state index in [0.717, 1.165) is 4.88 Å². The third kappa shape index (κ3) is 4.89. The average molecular weight is 382 g/mol. The molecule has 2 amide bonds. The van der Waals surface area contributed by atoms with Gasteiger partial charge in [-0.1, -0.05) is 29.4 Å². The van der Waals surface area contributed by atoms with E-state index in [0.29, 0.717) is 35.9 Å². The van der Waals surface area contributed by atoms with Crippen molar-refractivity contribution in [1.82, 2.24) is 15.5 Å². The Morgan fingerprint density at radius 1 is 1.22 bits per heavy atom. The van der Waals surface area contributed by atoms with Gasteiger partial charge in [0.15, 0.2) is 0 Å². The van der Waals surface area contributed by atoms with Gasteiger partial charge in [-0.2, -0.15) is 4.98 Å². The molecule has 0 bridgehead atoms. The van der Waals surface area contributed by atoms with Crippen LogP contribution in [0.3, 0.4) is 0 Å². The number of benzene rings is 1. The molecule has 0 aliphatic carbocycles. The summed E-state index contributed by atoms with van der Waals surface area (Å²) in [5.74, 6) is 0.397. The van der Waals surface area contributed by atoms with E-state index in [1.165, 1.54) is 11.3 Å². The van der Waals surface area contributed by atoms with E-state index >= 15 is 0 Å². The summed E-state index contributed by atoms with van der Waals surface area (Å²) in [4.78, 5) is 29.6. The lowest BCUT2D eigenvalue weighted by atomic mass is 10.1. The Labute approximate surface area is 160 Å². The number of thiophene rings is 1. The number of aryl methyl sites for hydroxylation is 1. The Hall–Kier alpha value is -3.26. The number of carbonyl (C=O) groups is 2. The van der Waals surface area contributed by atoms with Crippen LogP contribution in [0.15, 0.2) is 59.0 Å². The van der Waals surface area contributed by atoms with Crippen LogP contribution in [0.1, 0.15) is 22.7 Å². The van der Waals surface area contributed by atoms with Gasteiger partial charge in [0.2, 0.25) is 17.6 Å². The molecule has 1 aromatic carbocycles. The third-order valence-corrected chi connectivity index (χ3v) is 4.49. The zero-order valence-electron chi connectivity index (χ0n) is 14.5. The lowest BCUT2D eigenvalue weighted by Crippen LogP contribution is -2.25. The predicted octanol–water partition coefficient (Wildman–Crippen LogP) is 3.29. The molecule has 7 nitrogen and oxygen atoms in total. The SMILES string of the molecule is C=CCNC(=O)c1ccccc1NC(=O)CCc1nc(-c2cccs2)no1. The van der Waals surface area contributed by atoms with Crippen molar-refractivity contribution in [3.63, 3.8) is 0 Å². The first kappa shape index (κ1) is 18.5. The maximum Gasteiger partial charge on any atom is 0.253 e. The molecule has 3 aromatic rings. The van der Waals surface area contributed by atoms with Crippen LogP contribution >= 0.6 is 11.3 Å². The van der Waals surface area contributed by atoms with Gasteiger partial charge >= 0.3 is 0 Å². The molecule has 0 fully saturated rings. The van der Waals surface area contributed by atoms with Gasteiger partial charge in [-0.3, -0.25) is 9.59 Å². The second-order valence-corrected chi connectivity index (χ2v) is 6.53. The van der Waals surface area contributed by atoms with Gasteiger partial charge < -0.3 is 15.2 Å². The molecule has 0 radical (unpaired) electrons. The summed E-state index contributed by atoms with van der Waals surface area (Å²) in [5, 5.41) is 11.3. The first-order chi connectivity index (χ1) is 13.2. The Bertz CT molecular complexity index is 934. The highest BCUT2D eigenvalue weighted by Crippen LogP contribution is 2.21. The first-order valence-electron chi connectivity index (χ1n) is 8.32. The predicted molar refractivity (Wildman–Crippen MR) is 104 cm³/mol. The number of hydrogen-bond donors (Lipinski definition) is 2. The molecule has 0 aliphatic heterocycles. The highest BCUT2D eigenvalue weighted by atomic mass is 32.1. The van der Waals surface area contributed by atoms with Crippen molar-refractivity contribution in [2.24, 2.45) is 0 Å². The molecule has 3 rings (SSSR count). The highest BCUT2D eigenvalue weighted by Gasteiger charge is 2.14. The number of anilines is 1. The van der Waals surface area contributed by atoms with Crippen molar-refractivity contribution in [2.45, 2.75) is 12.8 Å². The second-order valence-electron chi connectivity index (χ2n) is 5.58. The third-order valence-electron chi connectivity index (χ3n) is 3.63. The van der Waals surface area contributed by atoms with Crippen LogP contribution in [-0.2, 0) is 11.2 Å². The summed E-state index contributed by atoms with van der Waals surface area (Å²) >= 11 is 1.52. The number of nitrogens with one attached hydrogen (secondary N) is 2. The van der Waals surface area contributed by atoms with Crippen LogP contribution in [0.25, 0.3) is 10.7 Å². The summed E-state index contributed by atoms with van der Waals surface area (Å²) in [7, 11) is 0. The lowest BCUT2D eigenvalue weighted by molar-refractivity contribution is -0.116. The Morgan fingerprint density at radius 2 is 2.07 bits per heavy atom. The number of amides is 2. The molecule has 0 aliphatic rings. The van der Waals surface area contributed by atoms with Gasteiger partial charge in [0.1, 0.15) is 0 Å². The Kier molecular flexibility index (Phi) is 6.11. The number of hydrogen-bond acceptors (Lipinski definition) is 6. The van der Waals surface area contributed by atoms with Crippen molar-refractivity contribution in [3.05, 3.63) is 65.9 Å². The van der Waals surface area contributed by atoms with Crippen LogP contribution in [0.4, 0.5) is 5.69 Å². The number of para-hydroxylation sites is 1. The van der Waals surface area contributed by atoms with Crippen LogP contribution in [0.5, 0.6) is 0 Å². The molecular weight excluding hydrogens is 364 g/mol. The second kappa shape index (κ2) is 8.91. The number of aromatic nitrogens is 2.